The maximum absolute atomic E-state index is 5.93. The molecule has 0 bridgehead atoms. The van der Waals surface area contributed by atoms with Gasteiger partial charge in [-0.25, -0.2) is 0 Å². The molecule has 1 heterocycles. The van der Waals surface area contributed by atoms with Gasteiger partial charge in [0.15, 0.2) is 0 Å². The summed E-state index contributed by atoms with van der Waals surface area (Å²) in [5.74, 6) is 1.02. The van der Waals surface area contributed by atoms with Crippen molar-refractivity contribution < 1.29 is 9.64 Å². The van der Waals surface area contributed by atoms with Crippen molar-refractivity contribution in [1.82, 2.24) is 0 Å². The van der Waals surface area contributed by atoms with Gasteiger partial charge in [0.1, 0.15) is 12.3 Å². The Bertz CT molecular complexity index is 641. The van der Waals surface area contributed by atoms with Crippen LogP contribution >= 0.6 is 22.6 Å². The maximum Gasteiger partial charge on any atom is 0.132 e. The van der Waals surface area contributed by atoms with E-state index in [0.29, 0.717) is 0 Å². The van der Waals surface area contributed by atoms with Crippen LogP contribution in [-0.4, -0.2) is 19.7 Å². The zero-order valence-electron chi connectivity index (χ0n) is 13.1. The molecule has 2 aromatic rings. The first-order valence-corrected chi connectivity index (χ1v) is 9.09. The Morgan fingerprint density at radius 2 is 1.95 bits per heavy atom. The zero-order chi connectivity index (χ0) is 15.4. The maximum atomic E-state index is 5.93. The average Bonchev–Trinajstić information content (AvgIpc) is 2.53. The average molecular weight is 408 g/mol. The van der Waals surface area contributed by atoms with E-state index in [0.717, 1.165) is 25.3 Å². The number of quaternary nitrogens is 1. The number of halogens is 1. The highest BCUT2D eigenvalue weighted by Crippen LogP contribution is 2.21. The Morgan fingerprint density at radius 3 is 2.77 bits per heavy atom. The second-order valence-electron chi connectivity index (χ2n) is 6.08. The number of aryl methyl sites for hydroxylation is 1. The third kappa shape index (κ3) is 4.02. The van der Waals surface area contributed by atoms with Crippen LogP contribution < -0.4 is 9.64 Å². The number of rotatable bonds is 5. The molecule has 0 radical (unpaired) electrons. The summed E-state index contributed by atoms with van der Waals surface area (Å²) < 4.78 is 7.14. The SMILES string of the molecule is Cc1ccc(OCCC[NH+]2CCc3ccccc3C2)c(I)c1. The van der Waals surface area contributed by atoms with E-state index in [1.165, 1.54) is 39.8 Å². The zero-order valence-corrected chi connectivity index (χ0v) is 15.2. The van der Waals surface area contributed by atoms with Crippen molar-refractivity contribution >= 4 is 22.6 Å². The summed E-state index contributed by atoms with van der Waals surface area (Å²) in [5.41, 5.74) is 4.35. The lowest BCUT2D eigenvalue weighted by Crippen LogP contribution is -3.11. The molecule has 1 unspecified atom stereocenters. The Morgan fingerprint density at radius 1 is 1.14 bits per heavy atom. The van der Waals surface area contributed by atoms with Crippen LogP contribution in [0.3, 0.4) is 0 Å². The van der Waals surface area contributed by atoms with E-state index < -0.39 is 0 Å². The summed E-state index contributed by atoms with van der Waals surface area (Å²) in [6.45, 7) is 6.53. The van der Waals surface area contributed by atoms with Crippen LogP contribution in [0.1, 0.15) is 23.1 Å². The lowest BCUT2D eigenvalue weighted by molar-refractivity contribution is -0.916. The number of ether oxygens (including phenoxy) is 1. The highest BCUT2D eigenvalue weighted by atomic mass is 127. The Hall–Kier alpha value is -1.07. The van der Waals surface area contributed by atoms with Crippen LogP contribution in [-0.2, 0) is 13.0 Å². The summed E-state index contributed by atoms with van der Waals surface area (Å²) in [4.78, 5) is 1.68. The van der Waals surface area contributed by atoms with Crippen LogP contribution in [0.25, 0.3) is 0 Å². The highest BCUT2D eigenvalue weighted by molar-refractivity contribution is 14.1. The van der Waals surface area contributed by atoms with Crippen LogP contribution in [0.15, 0.2) is 42.5 Å². The molecule has 2 nitrogen and oxygen atoms in total. The second-order valence-corrected chi connectivity index (χ2v) is 7.24. The molecule has 0 aromatic heterocycles. The van der Waals surface area contributed by atoms with Gasteiger partial charge < -0.3 is 9.64 Å². The first kappa shape index (κ1) is 15.8. The molecule has 1 atom stereocenters. The first-order chi connectivity index (χ1) is 10.7. The van der Waals surface area contributed by atoms with E-state index in [1.54, 1.807) is 4.90 Å². The van der Waals surface area contributed by atoms with Crippen molar-refractivity contribution in [3.05, 3.63) is 62.7 Å². The van der Waals surface area contributed by atoms with Crippen molar-refractivity contribution in [2.24, 2.45) is 0 Å². The lowest BCUT2D eigenvalue weighted by Gasteiger charge is -2.25. The molecule has 0 aliphatic carbocycles. The van der Waals surface area contributed by atoms with E-state index in [4.69, 9.17) is 4.74 Å². The smallest absolute Gasteiger partial charge is 0.132 e. The van der Waals surface area contributed by atoms with E-state index in [2.05, 4.69) is 72.0 Å². The molecule has 0 fully saturated rings. The van der Waals surface area contributed by atoms with Gasteiger partial charge in [-0.3, -0.25) is 0 Å². The van der Waals surface area contributed by atoms with Crippen molar-refractivity contribution in [3.8, 4) is 5.75 Å². The van der Waals surface area contributed by atoms with Gasteiger partial charge in [-0.2, -0.15) is 0 Å². The molecule has 0 amide bonds. The summed E-state index contributed by atoms with van der Waals surface area (Å²) in [7, 11) is 0. The second kappa shape index (κ2) is 7.47. The molecular weight excluding hydrogens is 385 g/mol. The van der Waals surface area contributed by atoms with Gasteiger partial charge in [0, 0.05) is 18.4 Å². The molecule has 116 valence electrons. The molecule has 3 rings (SSSR count). The predicted octanol–water partition coefficient (Wildman–Crippen LogP) is 3.01. The Kier molecular flexibility index (Phi) is 5.37. The molecule has 1 aliphatic heterocycles. The standard InChI is InChI=1S/C19H22INO/c1-15-7-8-19(18(20)13-15)22-12-4-10-21-11-9-16-5-2-3-6-17(16)14-21/h2-3,5-8,13H,4,9-12,14H2,1H3/p+1. The first-order valence-electron chi connectivity index (χ1n) is 8.01. The fraction of sp³-hybridized carbons (Fsp3) is 0.368. The van der Waals surface area contributed by atoms with Crippen molar-refractivity contribution in [1.29, 1.82) is 0 Å². The monoisotopic (exact) mass is 408 g/mol. The predicted molar refractivity (Wildman–Crippen MR) is 98.6 cm³/mol. The lowest BCUT2D eigenvalue weighted by atomic mass is 10.00. The minimum Gasteiger partial charge on any atom is -0.492 e. The van der Waals surface area contributed by atoms with E-state index in [-0.39, 0.29) is 0 Å². The fourth-order valence-electron chi connectivity index (χ4n) is 3.08. The van der Waals surface area contributed by atoms with Gasteiger partial charge in [-0.15, -0.1) is 0 Å². The van der Waals surface area contributed by atoms with Gasteiger partial charge >= 0.3 is 0 Å². The molecule has 22 heavy (non-hydrogen) atoms. The summed E-state index contributed by atoms with van der Waals surface area (Å²) in [6.07, 6.45) is 2.32. The van der Waals surface area contributed by atoms with Gasteiger partial charge in [0.2, 0.25) is 0 Å². The quantitative estimate of drug-likeness (QED) is 0.593. The van der Waals surface area contributed by atoms with E-state index >= 15 is 0 Å². The van der Waals surface area contributed by atoms with E-state index in [9.17, 15) is 0 Å². The molecule has 3 heteroatoms. The largest absolute Gasteiger partial charge is 0.492 e. The number of hydrogen-bond acceptors (Lipinski definition) is 1. The minimum atomic E-state index is 0.810. The fourth-order valence-corrected chi connectivity index (χ4v) is 3.91. The van der Waals surface area contributed by atoms with Crippen molar-refractivity contribution in [2.45, 2.75) is 26.3 Å². The normalized spacial score (nSPS) is 17.1. The van der Waals surface area contributed by atoms with Crippen LogP contribution in [0.2, 0.25) is 0 Å². The van der Waals surface area contributed by atoms with Gasteiger partial charge in [-0.1, -0.05) is 30.3 Å². The number of hydrogen-bond donors (Lipinski definition) is 1. The highest BCUT2D eigenvalue weighted by Gasteiger charge is 2.18. The Balaban J connectivity index is 1.44. The summed E-state index contributed by atoms with van der Waals surface area (Å²) in [6, 6.07) is 15.2. The van der Waals surface area contributed by atoms with Crippen LogP contribution in [0.4, 0.5) is 0 Å². The molecule has 2 aromatic carbocycles. The summed E-state index contributed by atoms with van der Waals surface area (Å²) >= 11 is 2.35. The topological polar surface area (TPSA) is 13.7 Å². The molecular formula is C19H23INO+. The molecule has 1 aliphatic rings. The number of benzene rings is 2. The third-order valence-electron chi connectivity index (χ3n) is 4.33. The Labute approximate surface area is 146 Å². The van der Waals surface area contributed by atoms with Crippen molar-refractivity contribution in [2.75, 3.05) is 19.7 Å². The molecule has 0 saturated carbocycles. The molecule has 1 N–H and O–H groups in total. The van der Waals surface area contributed by atoms with Gasteiger partial charge in [-0.05, 0) is 52.8 Å². The molecule has 0 saturated heterocycles. The summed E-state index contributed by atoms with van der Waals surface area (Å²) in [5, 5.41) is 0. The number of fused-ring (bicyclic) bond motifs is 1. The van der Waals surface area contributed by atoms with E-state index in [1.807, 2.05) is 0 Å². The third-order valence-corrected chi connectivity index (χ3v) is 5.17. The number of nitrogens with one attached hydrogen (secondary N) is 1. The van der Waals surface area contributed by atoms with Crippen molar-refractivity contribution in [3.63, 3.8) is 0 Å². The van der Waals surface area contributed by atoms with Crippen LogP contribution in [0, 0.1) is 10.5 Å². The van der Waals surface area contributed by atoms with Gasteiger partial charge in [0.25, 0.3) is 0 Å². The van der Waals surface area contributed by atoms with Gasteiger partial charge in [0.05, 0.1) is 23.3 Å². The minimum absolute atomic E-state index is 0.810. The van der Waals surface area contributed by atoms with Crippen LogP contribution in [0.5, 0.6) is 5.75 Å². The molecule has 0 spiro atoms.